The summed E-state index contributed by atoms with van der Waals surface area (Å²) in [6, 6.07) is 11.5. The lowest BCUT2D eigenvalue weighted by atomic mass is 10.2. The number of hydrogen-bond donors (Lipinski definition) is 1. The van der Waals surface area contributed by atoms with E-state index < -0.39 is 0 Å². The second kappa shape index (κ2) is 8.44. The van der Waals surface area contributed by atoms with E-state index in [2.05, 4.69) is 25.2 Å². The number of pyridine rings is 1. The largest absolute Gasteiger partial charge is 0.353 e. The van der Waals surface area contributed by atoms with E-state index in [-0.39, 0.29) is 11.7 Å². The van der Waals surface area contributed by atoms with Crippen molar-refractivity contribution >= 4 is 23.4 Å². The van der Waals surface area contributed by atoms with E-state index in [1.807, 2.05) is 32.0 Å². The van der Waals surface area contributed by atoms with Gasteiger partial charge < -0.3 is 15.1 Å². The Balaban J connectivity index is 1.43. The van der Waals surface area contributed by atoms with E-state index in [1.54, 1.807) is 11.1 Å². The van der Waals surface area contributed by atoms with Gasteiger partial charge in [0.05, 0.1) is 0 Å². The first kappa shape index (κ1) is 19.8. The van der Waals surface area contributed by atoms with Crippen LogP contribution in [0.3, 0.4) is 0 Å². The van der Waals surface area contributed by atoms with E-state index in [0.717, 1.165) is 17.2 Å². The summed E-state index contributed by atoms with van der Waals surface area (Å²) in [6.07, 6.45) is 1.75. The molecule has 1 aromatic carbocycles. The number of benzene rings is 1. The van der Waals surface area contributed by atoms with Gasteiger partial charge in [0.15, 0.2) is 0 Å². The van der Waals surface area contributed by atoms with Crippen LogP contribution in [0.25, 0.3) is 0 Å². The molecule has 0 radical (unpaired) electrons. The first-order valence-electron chi connectivity index (χ1n) is 9.83. The molecule has 0 unspecified atom stereocenters. The summed E-state index contributed by atoms with van der Waals surface area (Å²) >= 11 is 0. The quantitative estimate of drug-likeness (QED) is 0.716. The van der Waals surface area contributed by atoms with Crippen LogP contribution in [0.1, 0.15) is 21.7 Å². The molecule has 8 heteroatoms. The van der Waals surface area contributed by atoms with E-state index in [1.165, 1.54) is 24.3 Å². The average Bonchev–Trinajstić information content (AvgIpc) is 2.73. The topological polar surface area (TPSA) is 74.2 Å². The number of anilines is 3. The van der Waals surface area contributed by atoms with Gasteiger partial charge in [-0.2, -0.15) is 0 Å². The predicted molar refractivity (Wildman–Crippen MR) is 114 cm³/mol. The first-order valence-corrected chi connectivity index (χ1v) is 9.83. The van der Waals surface area contributed by atoms with Gasteiger partial charge in [-0.3, -0.25) is 4.79 Å². The molecule has 0 atom stereocenters. The number of aryl methyl sites for hydroxylation is 2. The second-order valence-electron chi connectivity index (χ2n) is 7.29. The van der Waals surface area contributed by atoms with Crippen molar-refractivity contribution in [3.63, 3.8) is 0 Å². The van der Waals surface area contributed by atoms with Crippen LogP contribution >= 0.6 is 0 Å². The minimum atomic E-state index is -0.347. The molecule has 1 saturated heterocycles. The highest BCUT2D eigenvalue weighted by molar-refractivity contribution is 5.94. The number of carbonyl (C=O) groups excluding carboxylic acids is 1. The molecule has 1 N–H and O–H groups in total. The van der Waals surface area contributed by atoms with Gasteiger partial charge in [-0.25, -0.2) is 19.3 Å². The standard InChI is InChI=1S/C22H23FN6O/c1-15-7-8-24-19(13-15)27-20-14-21(26-16(2)25-20)28-9-11-29(12-10-28)22(30)17-3-5-18(23)6-4-17/h3-8,13-14H,9-12H2,1-2H3,(H,24,25,26,27). The van der Waals surface area contributed by atoms with Crippen molar-refractivity contribution < 1.29 is 9.18 Å². The fourth-order valence-corrected chi connectivity index (χ4v) is 3.43. The van der Waals surface area contributed by atoms with Crippen LogP contribution < -0.4 is 10.2 Å². The number of hydrogen-bond acceptors (Lipinski definition) is 6. The molecule has 2 aromatic heterocycles. The number of nitrogens with zero attached hydrogens (tertiary/aromatic N) is 5. The van der Waals surface area contributed by atoms with Crippen LogP contribution in [0.5, 0.6) is 0 Å². The summed E-state index contributed by atoms with van der Waals surface area (Å²) < 4.78 is 13.1. The molecule has 1 aliphatic rings. The molecule has 154 valence electrons. The van der Waals surface area contributed by atoms with Crippen molar-refractivity contribution in [2.24, 2.45) is 0 Å². The Morgan fingerprint density at radius 3 is 2.40 bits per heavy atom. The summed E-state index contributed by atoms with van der Waals surface area (Å²) in [4.78, 5) is 29.9. The van der Waals surface area contributed by atoms with Crippen LogP contribution in [0.4, 0.5) is 21.8 Å². The van der Waals surface area contributed by atoms with Crippen LogP contribution in [0, 0.1) is 19.7 Å². The normalized spacial score (nSPS) is 14.0. The monoisotopic (exact) mass is 406 g/mol. The Morgan fingerprint density at radius 1 is 0.967 bits per heavy atom. The minimum absolute atomic E-state index is 0.0820. The molecule has 1 amide bonds. The van der Waals surface area contributed by atoms with E-state index in [0.29, 0.717) is 43.4 Å². The fraction of sp³-hybridized carbons (Fsp3) is 0.273. The third-order valence-corrected chi connectivity index (χ3v) is 4.98. The highest BCUT2D eigenvalue weighted by Crippen LogP contribution is 2.21. The van der Waals surface area contributed by atoms with Gasteiger partial charge in [0, 0.05) is 44.0 Å². The summed E-state index contributed by atoms with van der Waals surface area (Å²) in [5.41, 5.74) is 1.61. The van der Waals surface area contributed by atoms with Crippen molar-refractivity contribution in [3.8, 4) is 0 Å². The summed E-state index contributed by atoms with van der Waals surface area (Å²) in [5, 5.41) is 3.23. The number of amides is 1. The van der Waals surface area contributed by atoms with Crippen molar-refractivity contribution in [3.05, 3.63) is 71.4 Å². The molecular weight excluding hydrogens is 383 g/mol. The zero-order valence-electron chi connectivity index (χ0n) is 17.0. The molecule has 3 heterocycles. The zero-order valence-corrected chi connectivity index (χ0v) is 17.0. The van der Waals surface area contributed by atoms with Gasteiger partial charge in [-0.1, -0.05) is 0 Å². The molecule has 0 saturated carbocycles. The Hall–Kier alpha value is -3.55. The molecular formula is C22H23FN6O. The molecule has 1 aliphatic heterocycles. The Kier molecular flexibility index (Phi) is 5.56. The van der Waals surface area contributed by atoms with E-state index in [9.17, 15) is 9.18 Å². The summed E-state index contributed by atoms with van der Waals surface area (Å²) in [7, 11) is 0. The predicted octanol–water partition coefficient (Wildman–Crippen LogP) is 3.33. The van der Waals surface area contributed by atoms with Crippen molar-refractivity contribution in [1.82, 2.24) is 19.9 Å². The first-order chi connectivity index (χ1) is 14.5. The fourth-order valence-electron chi connectivity index (χ4n) is 3.43. The Morgan fingerprint density at radius 2 is 1.70 bits per heavy atom. The molecule has 1 fully saturated rings. The molecule has 0 aliphatic carbocycles. The number of halogens is 1. The van der Waals surface area contributed by atoms with Crippen molar-refractivity contribution in [2.75, 3.05) is 36.4 Å². The van der Waals surface area contributed by atoms with Gasteiger partial charge >= 0.3 is 0 Å². The maximum Gasteiger partial charge on any atom is 0.253 e. The zero-order chi connectivity index (χ0) is 21.1. The molecule has 0 bridgehead atoms. The highest BCUT2D eigenvalue weighted by atomic mass is 19.1. The molecule has 4 rings (SSSR count). The molecule has 3 aromatic rings. The Bertz CT molecular complexity index is 1050. The minimum Gasteiger partial charge on any atom is -0.353 e. The maximum atomic E-state index is 13.1. The van der Waals surface area contributed by atoms with Crippen molar-refractivity contribution in [2.45, 2.75) is 13.8 Å². The smallest absolute Gasteiger partial charge is 0.253 e. The number of rotatable bonds is 4. The lowest BCUT2D eigenvalue weighted by Gasteiger charge is -2.35. The SMILES string of the molecule is Cc1ccnc(Nc2cc(N3CCN(C(=O)c4ccc(F)cc4)CC3)nc(C)n2)c1. The van der Waals surface area contributed by atoms with Crippen molar-refractivity contribution in [1.29, 1.82) is 0 Å². The average molecular weight is 406 g/mol. The molecule has 7 nitrogen and oxygen atoms in total. The Labute approximate surface area is 174 Å². The number of aromatic nitrogens is 3. The number of piperazine rings is 1. The maximum absolute atomic E-state index is 13.1. The van der Waals surface area contributed by atoms with Crippen LogP contribution in [-0.2, 0) is 0 Å². The third-order valence-electron chi connectivity index (χ3n) is 4.98. The van der Waals surface area contributed by atoms with Crippen LogP contribution in [-0.4, -0.2) is 51.9 Å². The van der Waals surface area contributed by atoms with Gasteiger partial charge in [-0.15, -0.1) is 0 Å². The third kappa shape index (κ3) is 4.53. The second-order valence-corrected chi connectivity index (χ2v) is 7.29. The number of nitrogens with one attached hydrogen (secondary N) is 1. The highest BCUT2D eigenvalue weighted by Gasteiger charge is 2.23. The molecule has 0 spiro atoms. The van der Waals surface area contributed by atoms with E-state index in [4.69, 9.17) is 0 Å². The lowest BCUT2D eigenvalue weighted by Crippen LogP contribution is -2.49. The van der Waals surface area contributed by atoms with Gasteiger partial charge in [0.25, 0.3) is 5.91 Å². The van der Waals surface area contributed by atoms with Crippen LogP contribution in [0.15, 0.2) is 48.7 Å². The van der Waals surface area contributed by atoms with Gasteiger partial charge in [0.1, 0.15) is 29.1 Å². The summed E-state index contributed by atoms with van der Waals surface area (Å²) in [5.74, 6) is 2.45. The van der Waals surface area contributed by atoms with Gasteiger partial charge in [-0.05, 0) is 55.8 Å². The van der Waals surface area contributed by atoms with Crippen LogP contribution in [0.2, 0.25) is 0 Å². The summed E-state index contributed by atoms with van der Waals surface area (Å²) in [6.45, 7) is 6.32. The number of carbonyl (C=O) groups is 1. The lowest BCUT2D eigenvalue weighted by molar-refractivity contribution is 0.0746. The molecule has 30 heavy (non-hydrogen) atoms. The van der Waals surface area contributed by atoms with Gasteiger partial charge in [0.2, 0.25) is 0 Å². The van der Waals surface area contributed by atoms with E-state index >= 15 is 0 Å².